The molecule has 3 aromatic carbocycles. The number of benzene rings is 3. The van der Waals surface area contributed by atoms with Crippen molar-refractivity contribution in [2.24, 2.45) is 5.92 Å². The number of nitrogens with zero attached hydrogens (tertiary/aromatic N) is 3. The summed E-state index contributed by atoms with van der Waals surface area (Å²) in [5, 5.41) is 13.0. The molecule has 2 fully saturated rings. The fourth-order valence-corrected chi connectivity index (χ4v) is 4.54. The van der Waals surface area contributed by atoms with Crippen LogP contribution in [-0.4, -0.2) is 22.8 Å². The maximum Gasteiger partial charge on any atom is 0.269 e. The zero-order valence-electron chi connectivity index (χ0n) is 18.0. The van der Waals surface area contributed by atoms with E-state index in [0.717, 1.165) is 16.0 Å². The van der Waals surface area contributed by atoms with Crippen molar-refractivity contribution >= 4 is 28.9 Å². The first-order chi connectivity index (χ1) is 15.9. The van der Waals surface area contributed by atoms with E-state index in [1.54, 1.807) is 29.3 Å². The minimum Gasteiger partial charge on any atom is -0.273 e. The first kappa shape index (κ1) is 20.8. The maximum atomic E-state index is 13.6. The number of nitro groups is 1. The molecule has 8 nitrogen and oxygen atoms in total. The number of aryl methyl sites for hydroxylation is 2. The summed E-state index contributed by atoms with van der Waals surface area (Å²) in [7, 11) is 0. The Bertz CT molecular complexity index is 1270. The van der Waals surface area contributed by atoms with Gasteiger partial charge in [0.2, 0.25) is 5.91 Å². The van der Waals surface area contributed by atoms with Gasteiger partial charge in [0, 0.05) is 12.1 Å². The molecule has 0 aliphatic carbocycles. The molecular formula is C25H21N3O5. The van der Waals surface area contributed by atoms with Gasteiger partial charge in [-0.3, -0.25) is 24.5 Å². The first-order valence-electron chi connectivity index (χ1n) is 10.6. The van der Waals surface area contributed by atoms with Crippen LogP contribution in [0.25, 0.3) is 0 Å². The predicted octanol–water partition coefficient (Wildman–Crippen LogP) is 4.26. The first-order valence-corrected chi connectivity index (χ1v) is 10.6. The molecule has 0 bridgehead atoms. The van der Waals surface area contributed by atoms with Crippen molar-refractivity contribution in [2.45, 2.75) is 26.0 Å². The van der Waals surface area contributed by atoms with E-state index >= 15 is 0 Å². The van der Waals surface area contributed by atoms with Gasteiger partial charge in [-0.15, -0.1) is 0 Å². The second kappa shape index (κ2) is 7.83. The Morgan fingerprint density at radius 2 is 1.64 bits per heavy atom. The average Bonchev–Trinajstić information content (AvgIpc) is 3.31. The molecule has 3 atom stereocenters. The summed E-state index contributed by atoms with van der Waals surface area (Å²) in [4.78, 5) is 45.2. The molecule has 2 amide bonds. The Labute approximate surface area is 190 Å². The monoisotopic (exact) mass is 443 g/mol. The Morgan fingerprint density at radius 3 is 2.33 bits per heavy atom. The van der Waals surface area contributed by atoms with Gasteiger partial charge >= 0.3 is 0 Å². The van der Waals surface area contributed by atoms with Crippen LogP contribution in [-0.2, 0) is 14.4 Å². The highest BCUT2D eigenvalue weighted by molar-refractivity contribution is 6.23. The lowest BCUT2D eigenvalue weighted by molar-refractivity contribution is -0.384. The third-order valence-electron chi connectivity index (χ3n) is 6.18. The van der Waals surface area contributed by atoms with Crippen molar-refractivity contribution in [3.05, 3.63) is 99.6 Å². The molecule has 0 spiro atoms. The SMILES string of the molecule is Cc1ccc(N2C(=O)C3ON(c4ccccc4C)C(c4cccc([N+](=O)[O-])c4)C3C2=O)cc1. The molecule has 166 valence electrons. The fraction of sp³-hybridized carbons (Fsp3) is 0.200. The van der Waals surface area contributed by atoms with E-state index in [0.29, 0.717) is 16.9 Å². The van der Waals surface area contributed by atoms with Crippen molar-refractivity contribution in [3.8, 4) is 0 Å². The molecule has 2 aliphatic rings. The Hall–Kier alpha value is -4.04. The number of rotatable bonds is 4. The molecule has 2 aliphatic heterocycles. The lowest BCUT2D eigenvalue weighted by Crippen LogP contribution is -2.37. The van der Waals surface area contributed by atoms with Crippen LogP contribution in [0.2, 0.25) is 0 Å². The predicted molar refractivity (Wildman–Crippen MR) is 122 cm³/mol. The molecule has 2 heterocycles. The van der Waals surface area contributed by atoms with Gasteiger partial charge in [-0.1, -0.05) is 48.0 Å². The van der Waals surface area contributed by atoms with Crippen LogP contribution in [0.15, 0.2) is 72.8 Å². The van der Waals surface area contributed by atoms with Crippen LogP contribution in [0, 0.1) is 29.9 Å². The molecular weight excluding hydrogens is 422 g/mol. The van der Waals surface area contributed by atoms with Gasteiger partial charge in [0.25, 0.3) is 11.6 Å². The van der Waals surface area contributed by atoms with Gasteiger partial charge in [0.05, 0.1) is 22.3 Å². The number of anilines is 2. The Morgan fingerprint density at radius 1 is 0.909 bits per heavy atom. The molecule has 0 saturated carbocycles. The zero-order valence-corrected chi connectivity index (χ0v) is 18.0. The highest BCUT2D eigenvalue weighted by atomic mass is 16.7. The molecule has 3 unspecified atom stereocenters. The Balaban J connectivity index is 1.62. The van der Waals surface area contributed by atoms with E-state index < -0.39 is 28.9 Å². The van der Waals surface area contributed by atoms with E-state index in [4.69, 9.17) is 4.84 Å². The van der Waals surface area contributed by atoms with Crippen molar-refractivity contribution in [3.63, 3.8) is 0 Å². The summed E-state index contributed by atoms with van der Waals surface area (Å²) in [5.74, 6) is -1.68. The number of carbonyl (C=O) groups is 2. The number of fused-ring (bicyclic) bond motifs is 1. The topological polar surface area (TPSA) is 93.0 Å². The summed E-state index contributed by atoms with van der Waals surface area (Å²) >= 11 is 0. The highest BCUT2D eigenvalue weighted by Crippen LogP contribution is 2.48. The minimum atomic E-state index is -1.03. The number of non-ortho nitro benzene ring substituents is 1. The highest BCUT2D eigenvalue weighted by Gasteiger charge is 2.60. The second-order valence-corrected chi connectivity index (χ2v) is 8.31. The van der Waals surface area contributed by atoms with Crippen LogP contribution >= 0.6 is 0 Å². The number of hydroxylamine groups is 1. The second-order valence-electron chi connectivity index (χ2n) is 8.31. The molecule has 3 aromatic rings. The number of amides is 2. The quantitative estimate of drug-likeness (QED) is 0.340. The van der Waals surface area contributed by atoms with E-state index in [1.807, 2.05) is 50.2 Å². The number of hydrogen-bond donors (Lipinski definition) is 0. The summed E-state index contributed by atoms with van der Waals surface area (Å²) in [6.45, 7) is 3.83. The third kappa shape index (κ3) is 3.35. The van der Waals surface area contributed by atoms with Gasteiger partial charge in [-0.2, -0.15) is 0 Å². The molecule has 0 aromatic heterocycles. The van der Waals surface area contributed by atoms with Gasteiger partial charge in [-0.05, 0) is 43.2 Å². The normalized spacial score (nSPS) is 22.1. The smallest absolute Gasteiger partial charge is 0.269 e. The number of carbonyl (C=O) groups excluding carboxylic acids is 2. The molecule has 2 saturated heterocycles. The molecule has 8 heteroatoms. The Kier molecular flexibility index (Phi) is 4.94. The van der Waals surface area contributed by atoms with Crippen LogP contribution in [0.5, 0.6) is 0 Å². The van der Waals surface area contributed by atoms with E-state index in [-0.39, 0.29) is 11.6 Å². The molecule has 33 heavy (non-hydrogen) atoms. The van der Waals surface area contributed by atoms with Crippen LogP contribution in [0.4, 0.5) is 17.1 Å². The molecule has 0 radical (unpaired) electrons. The van der Waals surface area contributed by atoms with Gasteiger partial charge in [-0.25, -0.2) is 9.96 Å². The molecule has 0 N–H and O–H groups in total. The average molecular weight is 443 g/mol. The van der Waals surface area contributed by atoms with Crippen molar-refractivity contribution < 1.29 is 19.3 Å². The zero-order chi connectivity index (χ0) is 23.3. The van der Waals surface area contributed by atoms with Gasteiger partial charge in [0.1, 0.15) is 5.92 Å². The number of hydrogen-bond acceptors (Lipinski definition) is 6. The van der Waals surface area contributed by atoms with Crippen molar-refractivity contribution in [1.82, 2.24) is 0 Å². The van der Waals surface area contributed by atoms with E-state index in [1.165, 1.54) is 12.1 Å². The summed E-state index contributed by atoms with van der Waals surface area (Å²) in [6, 6.07) is 20.0. The van der Waals surface area contributed by atoms with Crippen molar-refractivity contribution in [1.29, 1.82) is 0 Å². The number of para-hydroxylation sites is 1. The van der Waals surface area contributed by atoms with Gasteiger partial charge < -0.3 is 0 Å². The fourth-order valence-electron chi connectivity index (χ4n) is 4.54. The van der Waals surface area contributed by atoms with Crippen LogP contribution in [0.3, 0.4) is 0 Å². The van der Waals surface area contributed by atoms with Crippen LogP contribution in [0.1, 0.15) is 22.7 Å². The molecule has 5 rings (SSSR count). The lowest BCUT2D eigenvalue weighted by atomic mass is 9.90. The lowest BCUT2D eigenvalue weighted by Gasteiger charge is -2.29. The van der Waals surface area contributed by atoms with Crippen LogP contribution < -0.4 is 9.96 Å². The van der Waals surface area contributed by atoms with E-state index in [2.05, 4.69) is 0 Å². The summed E-state index contributed by atoms with van der Waals surface area (Å²) in [5.41, 5.74) is 3.53. The largest absolute Gasteiger partial charge is 0.273 e. The van der Waals surface area contributed by atoms with Gasteiger partial charge in [0.15, 0.2) is 6.10 Å². The maximum absolute atomic E-state index is 13.6. The van der Waals surface area contributed by atoms with Crippen molar-refractivity contribution in [2.75, 3.05) is 9.96 Å². The summed E-state index contributed by atoms with van der Waals surface area (Å²) < 4.78 is 0. The summed E-state index contributed by atoms with van der Waals surface area (Å²) in [6.07, 6.45) is -1.03. The van der Waals surface area contributed by atoms with E-state index in [9.17, 15) is 19.7 Å². The third-order valence-corrected chi connectivity index (χ3v) is 6.18. The minimum absolute atomic E-state index is 0.0900. The number of imide groups is 1. The number of nitro benzene ring substituents is 1. The standard InChI is InChI=1S/C25H21N3O5/c1-15-10-12-18(13-11-15)26-24(29)21-22(17-7-5-8-19(14-17)28(31)32)27(33-23(21)25(26)30)20-9-4-3-6-16(20)2/h3-14,21-23H,1-2H3.